The third-order valence-electron chi connectivity index (χ3n) is 7.74. The van der Waals surface area contributed by atoms with Crippen LogP contribution in [-0.2, 0) is 27.1 Å². The molecule has 44 heavy (non-hydrogen) atoms. The van der Waals surface area contributed by atoms with Gasteiger partial charge in [-0.2, -0.15) is 13.2 Å². The summed E-state index contributed by atoms with van der Waals surface area (Å²) in [6, 6.07) is 7.68. The number of alkyl halides is 3. The number of ether oxygens (including phenoxy) is 3. The number of carbonyl (C=O) groups is 3. The molecule has 0 spiro atoms. The molecule has 2 aliphatic rings. The summed E-state index contributed by atoms with van der Waals surface area (Å²) in [5.74, 6) is -1.40. The fourth-order valence-corrected chi connectivity index (χ4v) is 5.59. The minimum Gasteiger partial charge on any atom is -0.489 e. The summed E-state index contributed by atoms with van der Waals surface area (Å²) in [7, 11) is 1.31. The summed E-state index contributed by atoms with van der Waals surface area (Å²) in [6.45, 7) is 5.07. The average Bonchev–Trinajstić information content (AvgIpc) is 2.96. The maximum absolute atomic E-state index is 14.0. The van der Waals surface area contributed by atoms with Gasteiger partial charge in [-0.25, -0.2) is 4.79 Å². The Hall–Kier alpha value is -3.96. The molecule has 0 aromatic heterocycles. The highest BCUT2D eigenvalue weighted by atomic mass is 19.4. The zero-order valence-corrected chi connectivity index (χ0v) is 25.4. The van der Waals surface area contributed by atoms with Gasteiger partial charge in [0, 0.05) is 13.1 Å². The van der Waals surface area contributed by atoms with E-state index in [9.17, 15) is 32.7 Å². The molecule has 1 fully saturated rings. The number of likely N-dealkylation sites (N-methyl/N-ethyl adjacent to an activating group) is 1. The predicted octanol–water partition coefficient (Wildman–Crippen LogP) is 6.77. The molecule has 9 nitrogen and oxygen atoms in total. The van der Waals surface area contributed by atoms with E-state index in [1.165, 1.54) is 18.0 Å². The molecule has 2 aromatic rings. The number of carbonyl (C=O) groups excluding carboxylic acids is 2. The number of carboxylic acid groups (broad SMARTS) is 1. The van der Waals surface area contributed by atoms with Gasteiger partial charge < -0.3 is 24.2 Å². The first-order valence-electron chi connectivity index (χ1n) is 14.7. The molecule has 12 heteroatoms. The van der Waals surface area contributed by atoms with Crippen LogP contribution in [0.4, 0.5) is 23.7 Å². The standard InChI is InChI=1S/C32H39F3N2O7/c1-31(2,3)44-30(41)36(4)26(18-28(38)39)29(40)37-14-15-42-27-17-22(11-13-25(27)37)43-19-20-10-12-23(21-8-6-5-7-9-21)24(16-20)32(33,34)35/h10-13,16-17,21,26H,5-9,14-15,18-19H2,1-4H3,(H,38,39)/t26-/m1/s1. The van der Waals surface area contributed by atoms with E-state index in [2.05, 4.69) is 0 Å². The van der Waals surface area contributed by atoms with Crippen LogP contribution in [0.5, 0.6) is 11.5 Å². The Morgan fingerprint density at radius 3 is 2.41 bits per heavy atom. The zero-order valence-electron chi connectivity index (χ0n) is 25.4. The highest BCUT2D eigenvalue weighted by molar-refractivity contribution is 6.01. The van der Waals surface area contributed by atoms with E-state index in [-0.39, 0.29) is 31.4 Å². The van der Waals surface area contributed by atoms with Gasteiger partial charge in [0.05, 0.1) is 24.2 Å². The van der Waals surface area contributed by atoms with Gasteiger partial charge in [0.2, 0.25) is 0 Å². The summed E-state index contributed by atoms with van der Waals surface area (Å²) in [4.78, 5) is 40.2. The number of carboxylic acids is 1. The van der Waals surface area contributed by atoms with Crippen molar-refractivity contribution in [2.75, 3.05) is 25.1 Å². The highest BCUT2D eigenvalue weighted by Gasteiger charge is 2.38. The van der Waals surface area contributed by atoms with Crippen molar-refractivity contribution >= 4 is 23.7 Å². The minimum atomic E-state index is -4.48. The van der Waals surface area contributed by atoms with Crippen molar-refractivity contribution in [2.45, 2.75) is 89.6 Å². The lowest BCUT2D eigenvalue weighted by Crippen LogP contribution is -2.53. The quantitative estimate of drug-likeness (QED) is 0.347. The normalized spacial score (nSPS) is 16.4. The van der Waals surface area contributed by atoms with Crippen molar-refractivity contribution in [3.05, 3.63) is 53.1 Å². The van der Waals surface area contributed by atoms with Crippen LogP contribution in [0.2, 0.25) is 0 Å². The molecule has 2 amide bonds. The summed E-state index contributed by atoms with van der Waals surface area (Å²) in [5.41, 5.74) is -0.422. The lowest BCUT2D eigenvalue weighted by molar-refractivity contribution is -0.141. The lowest BCUT2D eigenvalue weighted by Gasteiger charge is -2.35. The van der Waals surface area contributed by atoms with Gasteiger partial charge in [-0.05, 0) is 68.9 Å². The number of nitrogens with zero attached hydrogens (tertiary/aromatic N) is 2. The molecule has 1 atom stereocenters. The third kappa shape index (κ3) is 8.15. The topological polar surface area (TPSA) is 106 Å². The fraction of sp³-hybridized carbons (Fsp3) is 0.531. The Balaban J connectivity index is 1.50. The first kappa shape index (κ1) is 32.9. The molecule has 0 unspecified atom stereocenters. The van der Waals surface area contributed by atoms with Crippen LogP contribution in [-0.4, -0.2) is 59.8 Å². The minimum absolute atomic E-state index is 0.0930. The van der Waals surface area contributed by atoms with Gasteiger partial charge in [-0.1, -0.05) is 31.4 Å². The van der Waals surface area contributed by atoms with Crippen LogP contribution >= 0.6 is 0 Å². The second kappa shape index (κ2) is 13.4. The Morgan fingerprint density at radius 2 is 1.77 bits per heavy atom. The molecule has 0 bridgehead atoms. The molecule has 1 heterocycles. The van der Waals surface area contributed by atoms with E-state index >= 15 is 0 Å². The number of halogens is 3. The van der Waals surface area contributed by atoms with Gasteiger partial charge in [-0.15, -0.1) is 0 Å². The van der Waals surface area contributed by atoms with E-state index in [1.807, 2.05) is 0 Å². The summed E-state index contributed by atoms with van der Waals surface area (Å²) < 4.78 is 58.8. The molecular formula is C32H39F3N2O7. The van der Waals surface area contributed by atoms with Crippen molar-refractivity contribution < 1.29 is 46.9 Å². The van der Waals surface area contributed by atoms with Gasteiger partial charge in [0.1, 0.15) is 36.4 Å². The lowest BCUT2D eigenvalue weighted by atomic mass is 9.81. The Kier molecular flexibility index (Phi) is 10.00. The smallest absolute Gasteiger partial charge is 0.416 e. The fourth-order valence-electron chi connectivity index (χ4n) is 5.59. The number of hydrogen-bond donors (Lipinski definition) is 1. The molecule has 240 valence electrons. The SMILES string of the molecule is CN(C(=O)OC(C)(C)C)[C@H](CC(=O)O)C(=O)N1CCOc2cc(OCc3ccc(C4CCCCC4)c(C(F)(F)F)c3)ccc21. The van der Waals surface area contributed by atoms with Crippen LogP contribution in [0.15, 0.2) is 36.4 Å². The van der Waals surface area contributed by atoms with E-state index in [1.54, 1.807) is 45.0 Å². The van der Waals surface area contributed by atoms with E-state index in [0.717, 1.165) is 43.1 Å². The Morgan fingerprint density at radius 1 is 1.07 bits per heavy atom. The first-order valence-corrected chi connectivity index (χ1v) is 14.7. The molecule has 1 N–H and O–H groups in total. The zero-order chi connectivity index (χ0) is 32.2. The van der Waals surface area contributed by atoms with Crippen LogP contribution in [0.3, 0.4) is 0 Å². The number of benzene rings is 2. The number of rotatable bonds is 8. The van der Waals surface area contributed by atoms with E-state index in [4.69, 9.17) is 14.2 Å². The molecule has 1 aliphatic heterocycles. The monoisotopic (exact) mass is 620 g/mol. The second-order valence-electron chi connectivity index (χ2n) is 12.2. The predicted molar refractivity (Wildman–Crippen MR) is 156 cm³/mol. The number of amides is 2. The first-order chi connectivity index (χ1) is 20.6. The average molecular weight is 621 g/mol. The van der Waals surface area contributed by atoms with Crippen LogP contribution < -0.4 is 14.4 Å². The summed E-state index contributed by atoms with van der Waals surface area (Å²) in [5, 5.41) is 9.47. The van der Waals surface area contributed by atoms with Crippen molar-refractivity contribution in [1.29, 1.82) is 0 Å². The second-order valence-corrected chi connectivity index (χ2v) is 12.2. The molecular weight excluding hydrogens is 581 g/mol. The molecule has 2 aromatic carbocycles. The number of hydrogen-bond acceptors (Lipinski definition) is 6. The Labute approximate surface area is 254 Å². The number of aliphatic carboxylic acids is 1. The van der Waals surface area contributed by atoms with Crippen molar-refractivity contribution in [1.82, 2.24) is 4.90 Å². The largest absolute Gasteiger partial charge is 0.489 e. The third-order valence-corrected chi connectivity index (χ3v) is 7.74. The van der Waals surface area contributed by atoms with Gasteiger partial charge >= 0.3 is 18.2 Å². The van der Waals surface area contributed by atoms with Gasteiger partial charge in [0.15, 0.2) is 0 Å². The van der Waals surface area contributed by atoms with Crippen LogP contribution in [0.1, 0.15) is 81.9 Å². The molecule has 0 radical (unpaired) electrons. The van der Waals surface area contributed by atoms with Gasteiger partial charge in [0.25, 0.3) is 5.91 Å². The maximum Gasteiger partial charge on any atom is 0.416 e. The number of anilines is 1. The van der Waals surface area contributed by atoms with E-state index < -0.39 is 47.8 Å². The summed E-state index contributed by atoms with van der Waals surface area (Å²) in [6.07, 6.45) is -1.55. The van der Waals surface area contributed by atoms with Crippen molar-refractivity contribution in [3.8, 4) is 11.5 Å². The van der Waals surface area contributed by atoms with Crippen LogP contribution in [0, 0.1) is 0 Å². The van der Waals surface area contributed by atoms with Crippen LogP contribution in [0.25, 0.3) is 0 Å². The van der Waals surface area contributed by atoms with Crippen molar-refractivity contribution in [3.63, 3.8) is 0 Å². The van der Waals surface area contributed by atoms with E-state index in [0.29, 0.717) is 22.6 Å². The van der Waals surface area contributed by atoms with Crippen molar-refractivity contribution in [2.24, 2.45) is 0 Å². The summed E-state index contributed by atoms with van der Waals surface area (Å²) >= 11 is 0. The van der Waals surface area contributed by atoms with Gasteiger partial charge in [-0.3, -0.25) is 14.5 Å². The molecule has 1 aliphatic carbocycles. The maximum atomic E-state index is 14.0. The molecule has 0 saturated heterocycles. The molecule has 4 rings (SSSR count). The number of fused-ring (bicyclic) bond motifs is 1. The highest BCUT2D eigenvalue weighted by Crippen LogP contribution is 2.41. The Bertz CT molecular complexity index is 1370. The molecule has 1 saturated carbocycles.